The van der Waals surface area contributed by atoms with E-state index in [-0.39, 0.29) is 17.3 Å². The van der Waals surface area contributed by atoms with Crippen LogP contribution in [0.15, 0.2) is 18.2 Å². The molecule has 1 aromatic carbocycles. The van der Waals surface area contributed by atoms with Gasteiger partial charge in [-0.3, -0.25) is 0 Å². The summed E-state index contributed by atoms with van der Waals surface area (Å²) in [6.45, 7) is 0.700. The Balaban J connectivity index is 1.76. The van der Waals surface area contributed by atoms with Gasteiger partial charge in [-0.15, -0.1) is 0 Å². The normalized spacial score (nSPS) is 23.4. The molecule has 114 valence electrons. The lowest BCUT2D eigenvalue weighted by Gasteiger charge is -2.46. The maximum absolute atomic E-state index is 11.1. The Hall–Kier alpha value is -1.75. The molecule has 1 aliphatic heterocycles. The molecular weight excluding hydrogens is 272 g/mol. The second-order valence-corrected chi connectivity index (χ2v) is 5.79. The minimum absolute atomic E-state index is 0.000556. The number of aromatic carboxylic acids is 1. The third kappa shape index (κ3) is 2.83. The molecule has 0 radical (unpaired) electrons. The van der Waals surface area contributed by atoms with Crippen LogP contribution in [-0.2, 0) is 4.74 Å². The molecule has 2 fully saturated rings. The second-order valence-electron chi connectivity index (χ2n) is 5.79. The minimum atomic E-state index is -0.968. The fourth-order valence-corrected chi connectivity index (χ4v) is 3.08. The van der Waals surface area contributed by atoms with Crippen LogP contribution in [0.5, 0.6) is 11.5 Å². The molecule has 1 atom stereocenters. The minimum Gasteiger partial charge on any atom is -0.493 e. The molecule has 1 aliphatic carbocycles. The van der Waals surface area contributed by atoms with Gasteiger partial charge in [0.25, 0.3) is 0 Å². The van der Waals surface area contributed by atoms with Crippen LogP contribution in [0.25, 0.3) is 0 Å². The van der Waals surface area contributed by atoms with Crippen LogP contribution in [0.4, 0.5) is 0 Å². The third-order valence-electron chi connectivity index (χ3n) is 4.42. The van der Waals surface area contributed by atoms with Crippen molar-refractivity contribution in [1.82, 2.24) is 0 Å². The van der Waals surface area contributed by atoms with E-state index >= 15 is 0 Å². The topological polar surface area (TPSA) is 65.0 Å². The van der Waals surface area contributed by atoms with Gasteiger partial charge in [0.15, 0.2) is 11.5 Å². The van der Waals surface area contributed by atoms with Crippen molar-refractivity contribution in [3.63, 3.8) is 0 Å². The molecule has 21 heavy (non-hydrogen) atoms. The highest BCUT2D eigenvalue weighted by Gasteiger charge is 2.43. The van der Waals surface area contributed by atoms with Crippen molar-refractivity contribution in [1.29, 1.82) is 0 Å². The molecule has 5 nitrogen and oxygen atoms in total. The van der Waals surface area contributed by atoms with E-state index in [4.69, 9.17) is 19.3 Å². The average molecular weight is 292 g/mol. The molecule has 3 rings (SSSR count). The van der Waals surface area contributed by atoms with Crippen molar-refractivity contribution in [3.05, 3.63) is 23.8 Å². The van der Waals surface area contributed by atoms with Gasteiger partial charge >= 0.3 is 5.97 Å². The second kappa shape index (κ2) is 5.56. The molecule has 1 N–H and O–H groups in total. The highest BCUT2D eigenvalue weighted by atomic mass is 16.5. The number of carbonyl (C=O) groups is 1. The molecule has 0 bridgehead atoms. The van der Waals surface area contributed by atoms with E-state index in [0.29, 0.717) is 18.1 Å². The summed E-state index contributed by atoms with van der Waals surface area (Å²) in [7, 11) is 1.56. The molecule has 0 aromatic heterocycles. The summed E-state index contributed by atoms with van der Waals surface area (Å²) in [5.74, 6) is 0.0952. The molecular formula is C16H20O5. The van der Waals surface area contributed by atoms with Gasteiger partial charge in [-0.05, 0) is 37.5 Å². The number of ether oxygens (including phenoxy) is 3. The summed E-state index contributed by atoms with van der Waals surface area (Å²) in [5, 5.41) is 9.09. The molecule has 2 aliphatic rings. The van der Waals surface area contributed by atoms with Crippen molar-refractivity contribution in [2.45, 2.75) is 43.8 Å². The molecule has 1 saturated heterocycles. The zero-order chi connectivity index (χ0) is 14.9. The van der Waals surface area contributed by atoms with Crippen LogP contribution < -0.4 is 9.47 Å². The summed E-state index contributed by atoms with van der Waals surface area (Å²) in [5.41, 5.74) is 0.205. The van der Waals surface area contributed by atoms with Crippen LogP contribution in [0.3, 0.4) is 0 Å². The van der Waals surface area contributed by atoms with Crippen LogP contribution in [0.1, 0.15) is 42.5 Å². The van der Waals surface area contributed by atoms with Crippen molar-refractivity contribution in [3.8, 4) is 11.5 Å². The van der Waals surface area contributed by atoms with Crippen molar-refractivity contribution < 1.29 is 24.1 Å². The van der Waals surface area contributed by atoms with Crippen LogP contribution in [0.2, 0.25) is 0 Å². The van der Waals surface area contributed by atoms with Gasteiger partial charge in [-0.2, -0.15) is 0 Å². The Labute approximate surface area is 123 Å². The fraction of sp³-hybridized carbons (Fsp3) is 0.562. The lowest BCUT2D eigenvalue weighted by atomic mass is 9.74. The van der Waals surface area contributed by atoms with E-state index in [9.17, 15) is 4.79 Å². The van der Waals surface area contributed by atoms with E-state index in [1.54, 1.807) is 13.2 Å². The number of carboxylic acids is 1. The number of benzene rings is 1. The fourth-order valence-electron chi connectivity index (χ4n) is 3.08. The van der Waals surface area contributed by atoms with E-state index < -0.39 is 5.97 Å². The maximum atomic E-state index is 11.1. The summed E-state index contributed by atoms with van der Waals surface area (Å²) in [6, 6.07) is 4.69. The summed E-state index contributed by atoms with van der Waals surface area (Å²) in [6.07, 6.45) is 5.15. The van der Waals surface area contributed by atoms with E-state index in [1.807, 2.05) is 0 Å². The van der Waals surface area contributed by atoms with Gasteiger partial charge in [0, 0.05) is 12.8 Å². The lowest BCUT2D eigenvalue weighted by molar-refractivity contribution is -0.153. The first-order chi connectivity index (χ1) is 10.1. The van der Waals surface area contributed by atoms with Crippen molar-refractivity contribution >= 4 is 5.97 Å². The first-order valence-electron chi connectivity index (χ1n) is 7.34. The zero-order valence-electron chi connectivity index (χ0n) is 12.1. The largest absolute Gasteiger partial charge is 0.493 e. The van der Waals surface area contributed by atoms with Gasteiger partial charge in [0.05, 0.1) is 24.9 Å². The Bertz CT molecular complexity index is 535. The van der Waals surface area contributed by atoms with Gasteiger partial charge < -0.3 is 19.3 Å². The zero-order valence-corrected chi connectivity index (χ0v) is 12.1. The molecule has 0 amide bonds. The van der Waals surface area contributed by atoms with E-state index in [1.165, 1.54) is 18.6 Å². The van der Waals surface area contributed by atoms with Crippen molar-refractivity contribution in [2.75, 3.05) is 13.7 Å². The van der Waals surface area contributed by atoms with Crippen LogP contribution in [0, 0.1) is 0 Å². The highest BCUT2D eigenvalue weighted by molar-refractivity contribution is 5.88. The molecule has 1 heterocycles. The predicted molar refractivity (Wildman–Crippen MR) is 76.1 cm³/mol. The highest BCUT2D eigenvalue weighted by Crippen LogP contribution is 2.43. The standard InChI is InChI=1S/C16H20O5/c1-19-13-4-3-11(15(17)18)9-14(13)21-12-5-8-20-16(10-12)6-2-7-16/h3-4,9,12H,2,5-8,10H2,1H3,(H,17,18). The maximum Gasteiger partial charge on any atom is 0.335 e. The van der Waals surface area contributed by atoms with Crippen LogP contribution in [-0.4, -0.2) is 36.5 Å². The Morgan fingerprint density at radius 3 is 2.81 bits per heavy atom. The number of hydrogen-bond donors (Lipinski definition) is 1. The smallest absolute Gasteiger partial charge is 0.335 e. The SMILES string of the molecule is COc1ccc(C(=O)O)cc1OC1CCOC2(CCC2)C1. The average Bonchev–Trinajstić information content (AvgIpc) is 2.45. The predicted octanol–water partition coefficient (Wildman–Crippen LogP) is 2.87. The Kier molecular flexibility index (Phi) is 3.76. The van der Waals surface area contributed by atoms with E-state index in [2.05, 4.69) is 0 Å². The number of carboxylic acid groups (broad SMARTS) is 1. The van der Waals surface area contributed by atoms with Gasteiger partial charge in [-0.25, -0.2) is 4.79 Å². The summed E-state index contributed by atoms with van der Waals surface area (Å²) in [4.78, 5) is 11.1. The lowest BCUT2D eigenvalue weighted by Crippen LogP contribution is -2.48. The van der Waals surface area contributed by atoms with Crippen LogP contribution >= 0.6 is 0 Å². The summed E-state index contributed by atoms with van der Waals surface area (Å²) < 4.78 is 17.2. The first-order valence-corrected chi connectivity index (χ1v) is 7.34. The Morgan fingerprint density at radius 1 is 1.38 bits per heavy atom. The third-order valence-corrected chi connectivity index (χ3v) is 4.42. The van der Waals surface area contributed by atoms with E-state index in [0.717, 1.165) is 25.7 Å². The first kappa shape index (κ1) is 14.2. The number of methoxy groups -OCH3 is 1. The number of rotatable bonds is 4. The Morgan fingerprint density at radius 2 is 2.19 bits per heavy atom. The molecule has 1 spiro atoms. The summed E-state index contributed by atoms with van der Waals surface area (Å²) >= 11 is 0. The molecule has 1 saturated carbocycles. The van der Waals surface area contributed by atoms with Gasteiger partial charge in [-0.1, -0.05) is 0 Å². The quantitative estimate of drug-likeness (QED) is 0.924. The molecule has 1 aromatic rings. The van der Waals surface area contributed by atoms with Crippen molar-refractivity contribution in [2.24, 2.45) is 0 Å². The number of hydrogen-bond acceptors (Lipinski definition) is 4. The molecule has 1 unspecified atom stereocenters. The van der Waals surface area contributed by atoms with Gasteiger partial charge in [0.1, 0.15) is 6.10 Å². The monoisotopic (exact) mass is 292 g/mol. The van der Waals surface area contributed by atoms with Gasteiger partial charge in [0.2, 0.25) is 0 Å². The molecule has 5 heteroatoms.